The maximum Gasteiger partial charge on any atom is 0.404 e. The van der Waals surface area contributed by atoms with E-state index in [4.69, 9.17) is 5.11 Å². The van der Waals surface area contributed by atoms with Crippen LogP contribution < -0.4 is 10.6 Å². The number of sulfonamides is 1. The fourth-order valence-electron chi connectivity index (χ4n) is 4.31. The Morgan fingerprint density at radius 1 is 1.13 bits per heavy atom. The van der Waals surface area contributed by atoms with Gasteiger partial charge in [-0.25, -0.2) is 13.2 Å². The maximum absolute atomic E-state index is 12.8. The Kier molecular flexibility index (Phi) is 6.16. The van der Waals surface area contributed by atoms with Crippen LogP contribution in [-0.4, -0.2) is 60.9 Å². The molecule has 134 valence electrons. The van der Waals surface area contributed by atoms with Gasteiger partial charge in [-0.1, -0.05) is 0 Å². The third-order valence-electron chi connectivity index (χ3n) is 5.22. The minimum absolute atomic E-state index is 0. The van der Waals surface area contributed by atoms with E-state index in [-0.39, 0.29) is 42.2 Å². The topological polar surface area (TPSA) is 98.7 Å². The molecule has 0 aromatic heterocycles. The van der Waals surface area contributed by atoms with Crippen molar-refractivity contribution in [3.63, 3.8) is 0 Å². The van der Waals surface area contributed by atoms with Crippen molar-refractivity contribution in [2.45, 2.75) is 56.7 Å². The zero-order valence-electron chi connectivity index (χ0n) is 13.1. The smallest absolute Gasteiger partial charge is 0.404 e. The summed E-state index contributed by atoms with van der Waals surface area (Å²) >= 11 is 0. The third-order valence-corrected chi connectivity index (χ3v) is 7.35. The standard InChI is InChI=1S/C14H25N3O4S.ClH/c18-14(19)16-11-7-12-1-2-13(8-11)17(12)22(20,21)9-10-3-5-15-6-4-10;/h10-13,15-16H,1-9H2,(H,18,19);1H. The van der Waals surface area contributed by atoms with Crippen LogP contribution in [0.2, 0.25) is 0 Å². The van der Waals surface area contributed by atoms with Crippen molar-refractivity contribution in [2.24, 2.45) is 5.92 Å². The van der Waals surface area contributed by atoms with Gasteiger partial charge in [0.15, 0.2) is 0 Å². The van der Waals surface area contributed by atoms with Crippen LogP contribution in [0.4, 0.5) is 4.79 Å². The van der Waals surface area contributed by atoms with Crippen LogP contribution in [0, 0.1) is 5.92 Å². The predicted molar refractivity (Wildman–Crippen MR) is 89.5 cm³/mol. The number of nitrogens with zero attached hydrogens (tertiary/aromatic N) is 1. The molecule has 3 N–H and O–H groups in total. The van der Waals surface area contributed by atoms with E-state index in [0.29, 0.717) is 12.8 Å². The Balaban J connectivity index is 0.00000192. The number of halogens is 1. The highest BCUT2D eigenvalue weighted by molar-refractivity contribution is 7.89. The van der Waals surface area contributed by atoms with Gasteiger partial charge in [-0.2, -0.15) is 4.31 Å². The Hall–Kier alpha value is -0.570. The molecule has 1 amide bonds. The van der Waals surface area contributed by atoms with Crippen molar-refractivity contribution in [3.05, 3.63) is 0 Å². The largest absolute Gasteiger partial charge is 0.465 e. The molecule has 0 aliphatic carbocycles. The van der Waals surface area contributed by atoms with Crippen molar-refractivity contribution in [2.75, 3.05) is 18.8 Å². The highest BCUT2D eigenvalue weighted by Crippen LogP contribution is 2.38. The Labute approximate surface area is 143 Å². The summed E-state index contributed by atoms with van der Waals surface area (Å²) in [6.45, 7) is 1.80. The highest BCUT2D eigenvalue weighted by Gasteiger charge is 2.47. The SMILES string of the molecule is Cl.O=C(O)NC1CC2CCC(C1)N2S(=O)(=O)CC1CCNCC1. The lowest BCUT2D eigenvalue weighted by atomic mass is 10.00. The average Bonchev–Trinajstić information content (AvgIpc) is 2.72. The molecule has 0 aromatic carbocycles. The predicted octanol–water partition coefficient (Wildman–Crippen LogP) is 1.00. The Bertz CT molecular complexity index is 510. The van der Waals surface area contributed by atoms with Crippen molar-refractivity contribution in [1.82, 2.24) is 14.9 Å². The van der Waals surface area contributed by atoms with Crippen LogP contribution in [0.15, 0.2) is 0 Å². The second-order valence-corrected chi connectivity index (χ2v) is 8.72. The first-order valence-electron chi connectivity index (χ1n) is 8.17. The van der Waals surface area contributed by atoms with Gasteiger partial charge in [-0.05, 0) is 57.5 Å². The molecule has 3 heterocycles. The van der Waals surface area contributed by atoms with Gasteiger partial charge in [-0.3, -0.25) is 0 Å². The molecule has 2 bridgehead atoms. The zero-order chi connectivity index (χ0) is 15.7. The summed E-state index contributed by atoms with van der Waals surface area (Å²) in [5, 5.41) is 14.6. The van der Waals surface area contributed by atoms with Crippen LogP contribution in [-0.2, 0) is 10.0 Å². The van der Waals surface area contributed by atoms with E-state index < -0.39 is 16.1 Å². The number of carboxylic acid groups (broad SMARTS) is 1. The van der Waals surface area contributed by atoms with Gasteiger partial charge in [0.2, 0.25) is 10.0 Å². The molecule has 23 heavy (non-hydrogen) atoms. The van der Waals surface area contributed by atoms with E-state index in [1.54, 1.807) is 4.31 Å². The summed E-state index contributed by atoms with van der Waals surface area (Å²) < 4.78 is 27.3. The molecule has 0 saturated carbocycles. The van der Waals surface area contributed by atoms with E-state index >= 15 is 0 Å². The van der Waals surface area contributed by atoms with Crippen molar-refractivity contribution in [3.8, 4) is 0 Å². The summed E-state index contributed by atoms with van der Waals surface area (Å²) in [7, 11) is -3.24. The molecule has 3 rings (SSSR count). The molecule has 3 saturated heterocycles. The molecule has 0 spiro atoms. The molecule has 9 heteroatoms. The minimum Gasteiger partial charge on any atom is -0.465 e. The summed E-state index contributed by atoms with van der Waals surface area (Å²) in [4.78, 5) is 10.8. The normalized spacial score (nSPS) is 32.3. The number of hydrogen-bond donors (Lipinski definition) is 3. The Morgan fingerprint density at radius 2 is 1.70 bits per heavy atom. The number of fused-ring (bicyclic) bond motifs is 2. The lowest BCUT2D eigenvalue weighted by Gasteiger charge is -2.38. The van der Waals surface area contributed by atoms with Gasteiger partial charge in [0.25, 0.3) is 0 Å². The first-order chi connectivity index (χ1) is 10.5. The van der Waals surface area contributed by atoms with Crippen LogP contribution in [0.25, 0.3) is 0 Å². The molecule has 0 aromatic rings. The van der Waals surface area contributed by atoms with E-state index in [0.717, 1.165) is 38.8 Å². The number of rotatable bonds is 4. The number of nitrogens with one attached hydrogen (secondary N) is 2. The monoisotopic (exact) mass is 367 g/mol. The fraction of sp³-hybridized carbons (Fsp3) is 0.929. The first kappa shape index (κ1) is 18.8. The number of carbonyl (C=O) groups is 1. The third kappa shape index (κ3) is 4.29. The lowest BCUT2D eigenvalue weighted by Crippen LogP contribution is -2.53. The molecule has 2 unspecified atom stereocenters. The van der Waals surface area contributed by atoms with Crippen molar-refractivity contribution >= 4 is 28.5 Å². The fourth-order valence-corrected chi connectivity index (χ4v) is 6.71. The van der Waals surface area contributed by atoms with Crippen molar-refractivity contribution < 1.29 is 18.3 Å². The van der Waals surface area contributed by atoms with Gasteiger partial charge >= 0.3 is 6.09 Å². The van der Waals surface area contributed by atoms with Gasteiger partial charge in [0.05, 0.1) is 5.75 Å². The molecule has 2 atom stereocenters. The quantitative estimate of drug-likeness (QED) is 0.688. The minimum atomic E-state index is -3.24. The first-order valence-corrected chi connectivity index (χ1v) is 9.78. The molecule has 3 aliphatic heterocycles. The van der Waals surface area contributed by atoms with Gasteiger partial charge in [0.1, 0.15) is 0 Å². The second kappa shape index (κ2) is 7.55. The average molecular weight is 368 g/mol. The summed E-state index contributed by atoms with van der Waals surface area (Å²) in [5.41, 5.74) is 0. The highest BCUT2D eigenvalue weighted by atomic mass is 35.5. The molecular formula is C14H26ClN3O4S. The van der Waals surface area contributed by atoms with E-state index in [2.05, 4.69) is 10.6 Å². The zero-order valence-corrected chi connectivity index (χ0v) is 14.7. The summed E-state index contributed by atoms with van der Waals surface area (Å²) in [6, 6.07) is -0.162. The van der Waals surface area contributed by atoms with E-state index in [1.165, 1.54) is 0 Å². The molecule has 3 aliphatic rings. The summed E-state index contributed by atoms with van der Waals surface area (Å²) in [5.74, 6) is 0.499. The van der Waals surface area contributed by atoms with E-state index in [1.807, 2.05) is 0 Å². The van der Waals surface area contributed by atoms with E-state index in [9.17, 15) is 13.2 Å². The number of piperidine rings is 2. The Morgan fingerprint density at radius 3 is 2.22 bits per heavy atom. The molecular weight excluding hydrogens is 342 g/mol. The van der Waals surface area contributed by atoms with Gasteiger partial charge in [0, 0.05) is 18.1 Å². The van der Waals surface area contributed by atoms with Crippen molar-refractivity contribution in [1.29, 1.82) is 0 Å². The molecule has 0 radical (unpaired) electrons. The molecule has 3 fully saturated rings. The van der Waals surface area contributed by atoms with Gasteiger partial charge in [-0.15, -0.1) is 12.4 Å². The van der Waals surface area contributed by atoms with Gasteiger partial charge < -0.3 is 15.7 Å². The van der Waals surface area contributed by atoms with Crippen LogP contribution in [0.1, 0.15) is 38.5 Å². The number of amides is 1. The van der Waals surface area contributed by atoms with Crippen LogP contribution in [0.3, 0.4) is 0 Å². The maximum atomic E-state index is 12.8. The molecule has 7 nitrogen and oxygen atoms in total. The van der Waals surface area contributed by atoms with Crippen LogP contribution >= 0.6 is 12.4 Å². The summed E-state index contributed by atoms with van der Waals surface area (Å²) in [6.07, 6.45) is 3.75. The second-order valence-electron chi connectivity index (χ2n) is 6.80. The lowest BCUT2D eigenvalue weighted by molar-refractivity contribution is 0.169. The number of hydrogen-bond acceptors (Lipinski definition) is 4. The van der Waals surface area contributed by atoms with Crippen LogP contribution in [0.5, 0.6) is 0 Å².